The van der Waals surface area contributed by atoms with E-state index in [1.54, 1.807) is 0 Å². The zero-order valence-electron chi connectivity index (χ0n) is 26.8. The zero-order chi connectivity index (χ0) is 27.9. The summed E-state index contributed by atoms with van der Waals surface area (Å²) < 4.78 is 6.08. The van der Waals surface area contributed by atoms with Crippen LogP contribution in [0, 0.1) is 33.5 Å². The Morgan fingerprint density at radius 2 is 1.36 bits per heavy atom. The molecular weight excluding hydrogens is 436 g/mol. The molecule has 0 radical (unpaired) electrons. The summed E-state index contributed by atoms with van der Waals surface area (Å²) in [7, 11) is 0. The van der Waals surface area contributed by atoms with Gasteiger partial charge in [-0.25, -0.2) is 0 Å². The van der Waals surface area contributed by atoms with Gasteiger partial charge in [-0.2, -0.15) is 0 Å². The lowest BCUT2D eigenvalue weighted by atomic mass is 9.47. The topological polar surface area (TPSA) is 9.23 Å². The van der Waals surface area contributed by atoms with Gasteiger partial charge in [-0.1, -0.05) is 119 Å². The molecule has 1 nitrogen and oxygen atoms in total. The molecule has 1 rings (SSSR count). The third-order valence-electron chi connectivity index (χ3n) is 9.97. The third kappa shape index (κ3) is 9.04. The number of benzene rings is 1. The average molecular weight is 499 g/mol. The second-order valence-corrected chi connectivity index (χ2v) is 15.1. The largest absolute Gasteiger partial charge is 0.377 e. The van der Waals surface area contributed by atoms with Crippen LogP contribution in [0.15, 0.2) is 35.9 Å². The third-order valence-corrected chi connectivity index (χ3v) is 9.97. The van der Waals surface area contributed by atoms with Gasteiger partial charge >= 0.3 is 0 Å². The Bertz CT molecular complexity index is 794. The molecule has 2 atom stereocenters. The summed E-state index contributed by atoms with van der Waals surface area (Å²) in [5.74, 6) is 1.82. The normalized spacial score (nSPS) is 15.2. The number of hydrogen-bond acceptors (Lipinski definition) is 1. The standard InChI is InChI=1S/C35H62O/c1-26(2)16-15-17-28(5)22-23-36-25-29-18-20-30(21-19-29)31(24-32(6,7)8)34(11,12)35(13,14)33(9,10)27(3)4/h16,18-21,27-28,31H,15,17,22-25H2,1-14H3. The van der Waals surface area contributed by atoms with Crippen molar-refractivity contribution >= 4 is 0 Å². The molecule has 0 saturated carbocycles. The molecule has 0 saturated heterocycles. The average Bonchev–Trinajstić information content (AvgIpc) is 2.74. The Morgan fingerprint density at radius 3 is 1.83 bits per heavy atom. The van der Waals surface area contributed by atoms with E-state index in [1.165, 1.54) is 36.0 Å². The lowest BCUT2D eigenvalue weighted by molar-refractivity contribution is -0.0695. The first-order chi connectivity index (χ1) is 16.3. The first kappa shape index (κ1) is 32.9. The van der Waals surface area contributed by atoms with Crippen molar-refractivity contribution in [3.63, 3.8) is 0 Å². The molecule has 0 heterocycles. The van der Waals surface area contributed by atoms with E-state index >= 15 is 0 Å². The number of allylic oxidation sites excluding steroid dienone is 2. The summed E-state index contributed by atoms with van der Waals surface area (Å²) in [5, 5.41) is 0. The van der Waals surface area contributed by atoms with Crippen LogP contribution in [-0.2, 0) is 11.3 Å². The summed E-state index contributed by atoms with van der Waals surface area (Å²) in [6, 6.07) is 9.38. The summed E-state index contributed by atoms with van der Waals surface area (Å²) in [6.07, 6.45) is 7.09. The van der Waals surface area contributed by atoms with E-state index < -0.39 is 0 Å². The molecule has 1 aromatic rings. The van der Waals surface area contributed by atoms with Crippen LogP contribution in [0.5, 0.6) is 0 Å². The second-order valence-electron chi connectivity index (χ2n) is 15.1. The Labute approximate surface area is 226 Å². The van der Waals surface area contributed by atoms with E-state index in [4.69, 9.17) is 4.74 Å². The summed E-state index contributed by atoms with van der Waals surface area (Å²) in [4.78, 5) is 0. The quantitative estimate of drug-likeness (QED) is 0.183. The van der Waals surface area contributed by atoms with Crippen molar-refractivity contribution in [2.45, 2.75) is 135 Å². The number of ether oxygens (including phenoxy) is 1. The fourth-order valence-corrected chi connectivity index (χ4v) is 5.51. The minimum Gasteiger partial charge on any atom is -0.377 e. The van der Waals surface area contributed by atoms with Crippen LogP contribution in [0.1, 0.15) is 140 Å². The SMILES string of the molecule is CC(C)=CCCC(C)CCOCc1ccc(C(CC(C)(C)C)C(C)(C)C(C)(C)C(C)(C)C(C)C)cc1. The van der Waals surface area contributed by atoms with Gasteiger partial charge in [0.1, 0.15) is 0 Å². The van der Waals surface area contributed by atoms with Crippen LogP contribution in [0.2, 0.25) is 0 Å². The van der Waals surface area contributed by atoms with Gasteiger partial charge < -0.3 is 4.74 Å². The molecule has 0 aromatic heterocycles. The van der Waals surface area contributed by atoms with Crippen LogP contribution in [0.3, 0.4) is 0 Å². The lowest BCUT2D eigenvalue weighted by Gasteiger charge is -2.58. The highest BCUT2D eigenvalue weighted by molar-refractivity contribution is 5.28. The van der Waals surface area contributed by atoms with Gasteiger partial charge in [0.25, 0.3) is 0 Å². The van der Waals surface area contributed by atoms with E-state index in [-0.39, 0.29) is 21.7 Å². The highest BCUT2D eigenvalue weighted by Gasteiger charge is 2.53. The van der Waals surface area contributed by atoms with Crippen LogP contribution in [0.25, 0.3) is 0 Å². The molecule has 1 heteroatoms. The highest BCUT2D eigenvalue weighted by Crippen LogP contribution is 2.61. The Kier molecular flexibility index (Phi) is 12.0. The molecule has 36 heavy (non-hydrogen) atoms. The Balaban J connectivity index is 2.96. The molecule has 0 aliphatic carbocycles. The first-order valence-corrected chi connectivity index (χ1v) is 14.6. The molecule has 1 aromatic carbocycles. The summed E-state index contributed by atoms with van der Waals surface area (Å²) in [6.45, 7) is 35.2. The smallest absolute Gasteiger partial charge is 0.0716 e. The predicted octanol–water partition coefficient (Wildman–Crippen LogP) is 11.2. The zero-order valence-corrected chi connectivity index (χ0v) is 26.8. The highest BCUT2D eigenvalue weighted by atomic mass is 16.5. The maximum absolute atomic E-state index is 6.08. The maximum atomic E-state index is 6.08. The molecule has 208 valence electrons. The van der Waals surface area contributed by atoms with Gasteiger partial charge in [-0.05, 0) is 90.1 Å². The van der Waals surface area contributed by atoms with Crippen LogP contribution < -0.4 is 0 Å². The van der Waals surface area contributed by atoms with E-state index in [9.17, 15) is 0 Å². The minimum absolute atomic E-state index is 0.133. The van der Waals surface area contributed by atoms with Gasteiger partial charge in [0.15, 0.2) is 0 Å². The van der Waals surface area contributed by atoms with Crippen molar-refractivity contribution in [1.29, 1.82) is 0 Å². The van der Waals surface area contributed by atoms with E-state index in [0.717, 1.165) is 13.0 Å². The molecule has 0 amide bonds. The van der Waals surface area contributed by atoms with Gasteiger partial charge in [0.2, 0.25) is 0 Å². The van der Waals surface area contributed by atoms with Crippen molar-refractivity contribution in [2.24, 2.45) is 33.5 Å². The van der Waals surface area contributed by atoms with E-state index in [1.807, 2.05) is 0 Å². The molecule has 0 aliphatic rings. The van der Waals surface area contributed by atoms with Crippen molar-refractivity contribution in [3.05, 3.63) is 47.0 Å². The molecule has 0 spiro atoms. The predicted molar refractivity (Wildman–Crippen MR) is 162 cm³/mol. The fourth-order valence-electron chi connectivity index (χ4n) is 5.51. The molecule has 2 unspecified atom stereocenters. The van der Waals surface area contributed by atoms with Gasteiger partial charge in [0.05, 0.1) is 6.61 Å². The minimum atomic E-state index is 0.133. The summed E-state index contributed by atoms with van der Waals surface area (Å²) >= 11 is 0. The lowest BCUT2D eigenvalue weighted by Crippen LogP contribution is -2.50. The fraction of sp³-hybridized carbons (Fsp3) is 0.771. The Hall–Kier alpha value is -1.08. The van der Waals surface area contributed by atoms with E-state index in [0.29, 0.717) is 24.4 Å². The number of rotatable bonds is 14. The first-order valence-electron chi connectivity index (χ1n) is 14.6. The monoisotopic (exact) mass is 498 g/mol. The van der Waals surface area contributed by atoms with Crippen molar-refractivity contribution in [1.82, 2.24) is 0 Å². The second kappa shape index (κ2) is 13.1. The summed E-state index contributed by atoms with van der Waals surface area (Å²) in [5.41, 5.74) is 4.96. The van der Waals surface area contributed by atoms with Crippen molar-refractivity contribution < 1.29 is 4.74 Å². The molecule has 0 bridgehead atoms. The van der Waals surface area contributed by atoms with Crippen LogP contribution >= 0.6 is 0 Å². The molecule has 0 fully saturated rings. The molecular formula is C35H62O. The maximum Gasteiger partial charge on any atom is 0.0716 e. The van der Waals surface area contributed by atoms with Gasteiger partial charge in [0, 0.05) is 6.61 Å². The van der Waals surface area contributed by atoms with Crippen molar-refractivity contribution in [3.8, 4) is 0 Å². The Morgan fingerprint density at radius 1 is 0.806 bits per heavy atom. The molecule has 0 N–H and O–H groups in total. The van der Waals surface area contributed by atoms with Crippen LogP contribution in [-0.4, -0.2) is 6.61 Å². The number of hydrogen-bond donors (Lipinski definition) is 0. The van der Waals surface area contributed by atoms with Crippen molar-refractivity contribution in [2.75, 3.05) is 6.61 Å². The van der Waals surface area contributed by atoms with E-state index in [2.05, 4.69) is 127 Å². The van der Waals surface area contributed by atoms with Gasteiger partial charge in [-0.15, -0.1) is 0 Å². The molecule has 0 aliphatic heterocycles. The van der Waals surface area contributed by atoms with Gasteiger partial charge in [-0.3, -0.25) is 0 Å². The van der Waals surface area contributed by atoms with Crippen LogP contribution in [0.4, 0.5) is 0 Å².